The highest BCUT2D eigenvalue weighted by molar-refractivity contribution is 7.25. The largest absolute Gasteiger partial charge is 0.456 e. The van der Waals surface area contributed by atoms with Gasteiger partial charge in [-0.2, -0.15) is 0 Å². The lowest BCUT2D eigenvalue weighted by Gasteiger charge is -2.22. The third-order valence-electron chi connectivity index (χ3n) is 8.90. The van der Waals surface area contributed by atoms with Crippen molar-refractivity contribution in [1.82, 2.24) is 0 Å². The Morgan fingerprint density at radius 1 is 0.419 bits per heavy atom. The molecule has 43 heavy (non-hydrogen) atoms. The minimum absolute atomic E-state index is 0.915. The van der Waals surface area contributed by atoms with E-state index in [0.29, 0.717) is 0 Å². The van der Waals surface area contributed by atoms with Crippen molar-refractivity contribution in [1.29, 1.82) is 0 Å². The molecule has 9 aromatic rings. The Balaban J connectivity index is 1.12. The molecular weight excluding hydrogens is 545 g/mol. The highest BCUT2D eigenvalue weighted by atomic mass is 32.1. The average molecular weight is 567 g/mol. The fourth-order valence-electron chi connectivity index (χ4n) is 6.92. The van der Waals surface area contributed by atoms with Crippen LogP contribution >= 0.6 is 11.3 Å². The molecule has 0 bridgehead atoms. The summed E-state index contributed by atoms with van der Waals surface area (Å²) in [4.78, 5) is 0. The van der Waals surface area contributed by atoms with E-state index in [2.05, 4.69) is 109 Å². The zero-order chi connectivity index (χ0) is 28.1. The molecule has 7 aromatic carbocycles. The number of fused-ring (bicyclic) bond motifs is 8. The van der Waals surface area contributed by atoms with Gasteiger partial charge < -0.3 is 9.15 Å². The quantitative estimate of drug-likeness (QED) is 0.208. The number of thiophene rings is 1. The van der Waals surface area contributed by atoms with Crippen LogP contribution in [0.1, 0.15) is 0 Å². The van der Waals surface area contributed by atoms with E-state index in [1.807, 2.05) is 35.6 Å². The third-order valence-corrected chi connectivity index (χ3v) is 10.0. The molecule has 3 heterocycles. The molecular formula is C40H22O2S. The van der Waals surface area contributed by atoms with Crippen LogP contribution in [0.2, 0.25) is 0 Å². The van der Waals surface area contributed by atoms with E-state index >= 15 is 0 Å². The van der Waals surface area contributed by atoms with E-state index in [4.69, 9.17) is 9.15 Å². The Labute approximate surface area is 251 Å². The fraction of sp³-hybridized carbons (Fsp3) is 0. The summed E-state index contributed by atoms with van der Waals surface area (Å²) in [7, 11) is 0. The SMILES string of the molecule is c1ccc2c(c1)Oc1ccc(-c3ccc4c(c3)sc3cc(-c5cccc6c5oc5ccccc56)ccc34)c3cccc-2c13. The van der Waals surface area contributed by atoms with Crippen LogP contribution in [-0.4, -0.2) is 0 Å². The summed E-state index contributed by atoms with van der Waals surface area (Å²) in [5, 5.41) is 7.28. The summed E-state index contributed by atoms with van der Waals surface area (Å²) in [6.45, 7) is 0. The van der Waals surface area contributed by atoms with Crippen LogP contribution in [0, 0.1) is 0 Å². The van der Waals surface area contributed by atoms with Crippen LogP contribution < -0.4 is 4.74 Å². The van der Waals surface area contributed by atoms with Crippen LogP contribution in [0.4, 0.5) is 0 Å². The topological polar surface area (TPSA) is 22.4 Å². The zero-order valence-electron chi connectivity index (χ0n) is 22.9. The van der Waals surface area contributed by atoms with Gasteiger partial charge in [-0.05, 0) is 58.0 Å². The highest BCUT2D eigenvalue weighted by Gasteiger charge is 2.21. The Morgan fingerprint density at radius 3 is 1.95 bits per heavy atom. The van der Waals surface area contributed by atoms with Gasteiger partial charge in [0.05, 0.1) is 0 Å². The lowest BCUT2D eigenvalue weighted by Crippen LogP contribution is -1.97. The van der Waals surface area contributed by atoms with Crippen molar-refractivity contribution in [2.75, 3.05) is 0 Å². The van der Waals surface area contributed by atoms with Gasteiger partial charge in [0.1, 0.15) is 22.7 Å². The normalized spacial score (nSPS) is 12.4. The van der Waals surface area contributed by atoms with Gasteiger partial charge in [0.2, 0.25) is 0 Å². The number of rotatable bonds is 2. The first-order valence-electron chi connectivity index (χ1n) is 14.5. The number of para-hydroxylation sites is 3. The number of hydrogen-bond donors (Lipinski definition) is 0. The summed E-state index contributed by atoms with van der Waals surface area (Å²) >= 11 is 1.85. The Bertz CT molecular complexity index is 2600. The Kier molecular flexibility index (Phi) is 4.63. The van der Waals surface area contributed by atoms with E-state index < -0.39 is 0 Å². The smallest absolute Gasteiger partial charge is 0.143 e. The van der Waals surface area contributed by atoms with Crippen molar-refractivity contribution < 1.29 is 9.15 Å². The molecule has 1 aliphatic rings. The van der Waals surface area contributed by atoms with E-state index in [-0.39, 0.29) is 0 Å². The number of ether oxygens (including phenoxy) is 1. The van der Waals surface area contributed by atoms with Crippen LogP contribution in [0.25, 0.3) is 86.3 Å². The van der Waals surface area contributed by atoms with Gasteiger partial charge in [-0.25, -0.2) is 0 Å². The number of hydrogen-bond acceptors (Lipinski definition) is 3. The second-order valence-corrected chi connectivity index (χ2v) is 12.3. The molecule has 0 amide bonds. The second-order valence-electron chi connectivity index (χ2n) is 11.2. The molecule has 200 valence electrons. The lowest BCUT2D eigenvalue weighted by molar-refractivity contribution is 0.487. The van der Waals surface area contributed by atoms with E-state index in [9.17, 15) is 0 Å². The molecule has 3 heteroatoms. The molecule has 0 atom stereocenters. The van der Waals surface area contributed by atoms with Gasteiger partial charge in [0, 0.05) is 47.5 Å². The number of benzene rings is 7. The molecule has 1 aliphatic heterocycles. The van der Waals surface area contributed by atoms with Gasteiger partial charge >= 0.3 is 0 Å². The van der Waals surface area contributed by atoms with Gasteiger partial charge in [-0.15, -0.1) is 11.3 Å². The summed E-state index contributed by atoms with van der Waals surface area (Å²) in [6, 6.07) is 47.6. The minimum Gasteiger partial charge on any atom is -0.456 e. The Hall–Kier alpha value is -5.38. The molecule has 0 unspecified atom stereocenters. The summed E-state index contributed by atoms with van der Waals surface area (Å²) in [6.07, 6.45) is 0. The molecule has 0 aliphatic carbocycles. The van der Waals surface area contributed by atoms with Gasteiger partial charge in [0.25, 0.3) is 0 Å². The van der Waals surface area contributed by atoms with Crippen molar-refractivity contribution in [3.05, 3.63) is 133 Å². The van der Waals surface area contributed by atoms with Gasteiger partial charge in [0.15, 0.2) is 0 Å². The molecule has 0 saturated heterocycles. The first kappa shape index (κ1) is 23.2. The van der Waals surface area contributed by atoms with Crippen molar-refractivity contribution in [3.8, 4) is 44.9 Å². The van der Waals surface area contributed by atoms with Crippen molar-refractivity contribution in [3.63, 3.8) is 0 Å². The summed E-state index contributed by atoms with van der Waals surface area (Å²) < 4.78 is 15.3. The molecule has 0 spiro atoms. The molecule has 0 radical (unpaired) electrons. The fourth-order valence-corrected chi connectivity index (χ4v) is 8.10. The molecule has 0 fully saturated rings. The van der Waals surface area contributed by atoms with Gasteiger partial charge in [-0.3, -0.25) is 0 Å². The van der Waals surface area contributed by atoms with Crippen molar-refractivity contribution in [2.45, 2.75) is 0 Å². The highest BCUT2D eigenvalue weighted by Crippen LogP contribution is 2.49. The molecule has 2 nitrogen and oxygen atoms in total. The maximum atomic E-state index is 6.35. The summed E-state index contributed by atoms with van der Waals surface area (Å²) in [5.41, 5.74) is 8.98. The van der Waals surface area contributed by atoms with Crippen LogP contribution in [0.15, 0.2) is 138 Å². The van der Waals surface area contributed by atoms with Crippen LogP contribution in [0.3, 0.4) is 0 Å². The number of furan rings is 1. The molecule has 10 rings (SSSR count). The maximum absolute atomic E-state index is 6.35. The lowest BCUT2D eigenvalue weighted by atomic mass is 9.90. The van der Waals surface area contributed by atoms with E-state index in [1.165, 1.54) is 53.2 Å². The summed E-state index contributed by atoms with van der Waals surface area (Å²) in [5.74, 6) is 1.83. The molecule has 2 aromatic heterocycles. The molecule has 0 saturated carbocycles. The minimum atomic E-state index is 0.915. The first-order valence-corrected chi connectivity index (χ1v) is 15.3. The zero-order valence-corrected chi connectivity index (χ0v) is 23.7. The average Bonchev–Trinajstić information content (AvgIpc) is 3.62. The van der Waals surface area contributed by atoms with Crippen molar-refractivity contribution in [2.24, 2.45) is 0 Å². The van der Waals surface area contributed by atoms with Crippen LogP contribution in [0.5, 0.6) is 11.5 Å². The van der Waals surface area contributed by atoms with Crippen molar-refractivity contribution >= 4 is 64.2 Å². The Morgan fingerprint density at radius 2 is 1.09 bits per heavy atom. The maximum Gasteiger partial charge on any atom is 0.143 e. The first-order chi connectivity index (χ1) is 21.3. The third kappa shape index (κ3) is 3.28. The predicted octanol–water partition coefficient (Wildman–Crippen LogP) is 12.2. The second kappa shape index (κ2) is 8.57. The molecule has 0 N–H and O–H groups in total. The predicted molar refractivity (Wildman–Crippen MR) is 180 cm³/mol. The van der Waals surface area contributed by atoms with Crippen LogP contribution in [-0.2, 0) is 0 Å². The standard InChI is InChI=1S/C40H22O2S/c1-3-13-34-27(7-1)32-11-6-10-31-25(19-20-36(41-34)39(31)32)23-15-17-29-30-18-16-24(22-38(30)43-37(29)21-23)26-9-5-12-33-28-8-2-4-14-35(28)42-40(26)33/h1-22H. The van der Waals surface area contributed by atoms with Gasteiger partial charge in [-0.1, -0.05) is 103 Å². The monoisotopic (exact) mass is 566 g/mol. The van der Waals surface area contributed by atoms with E-state index in [0.717, 1.165) is 44.6 Å². The van der Waals surface area contributed by atoms with E-state index in [1.54, 1.807) is 0 Å².